The molecule has 0 saturated carbocycles. The molecule has 104 valence electrons. The van der Waals surface area contributed by atoms with Crippen molar-refractivity contribution in [3.05, 3.63) is 17.7 Å². The second kappa shape index (κ2) is 7.10. The lowest BCUT2D eigenvalue weighted by atomic mass is 10.2. The van der Waals surface area contributed by atoms with E-state index in [2.05, 4.69) is 10.5 Å². The summed E-state index contributed by atoms with van der Waals surface area (Å²) in [7, 11) is 3.06. The van der Waals surface area contributed by atoms with Crippen LogP contribution in [0.1, 0.15) is 12.5 Å². The first-order valence-electron chi connectivity index (χ1n) is 5.59. The molecule has 0 aliphatic heterocycles. The molecule has 2 amide bonds. The van der Waals surface area contributed by atoms with Crippen molar-refractivity contribution in [1.82, 2.24) is 5.43 Å². The summed E-state index contributed by atoms with van der Waals surface area (Å²) in [6.45, 7) is 2.36. The number of nitrogens with two attached hydrogens (primary N) is 1. The molecule has 0 bridgehead atoms. The predicted octanol–water partition coefficient (Wildman–Crippen LogP) is 1.10. The third kappa shape index (κ3) is 4.06. The zero-order chi connectivity index (χ0) is 14.3. The van der Waals surface area contributed by atoms with E-state index < -0.39 is 6.03 Å². The molecule has 0 spiro atoms. The van der Waals surface area contributed by atoms with E-state index in [0.717, 1.165) is 0 Å². The average molecular weight is 267 g/mol. The molecule has 0 aliphatic carbocycles. The fourth-order valence-corrected chi connectivity index (χ4v) is 1.43. The molecule has 0 heterocycles. The number of carbonyl (C=O) groups is 1. The molecule has 0 atom stereocenters. The van der Waals surface area contributed by atoms with Gasteiger partial charge in [0.05, 0.1) is 27.0 Å². The van der Waals surface area contributed by atoms with Crippen molar-refractivity contribution in [3.63, 3.8) is 0 Å². The molecule has 0 saturated heterocycles. The normalized spacial score (nSPS) is 10.3. The summed E-state index contributed by atoms with van der Waals surface area (Å²) < 4.78 is 15.9. The predicted molar refractivity (Wildman–Crippen MR) is 71.0 cm³/mol. The number of ether oxygens (including phenoxy) is 3. The first-order chi connectivity index (χ1) is 9.12. The molecule has 0 fully saturated rings. The number of rotatable bonds is 6. The van der Waals surface area contributed by atoms with Gasteiger partial charge in [-0.1, -0.05) is 0 Å². The van der Waals surface area contributed by atoms with Crippen molar-refractivity contribution >= 4 is 12.2 Å². The fraction of sp³-hybridized carbons (Fsp3) is 0.333. The van der Waals surface area contributed by atoms with E-state index in [-0.39, 0.29) is 0 Å². The lowest BCUT2D eigenvalue weighted by molar-refractivity contribution is 0.249. The molecule has 0 aromatic heterocycles. The van der Waals surface area contributed by atoms with Gasteiger partial charge in [-0.25, -0.2) is 10.2 Å². The number of primary amides is 1. The van der Waals surface area contributed by atoms with Gasteiger partial charge in [-0.3, -0.25) is 0 Å². The lowest BCUT2D eigenvalue weighted by Gasteiger charge is -2.14. The first kappa shape index (κ1) is 14.6. The van der Waals surface area contributed by atoms with Crippen LogP contribution in [0.25, 0.3) is 0 Å². The smallest absolute Gasteiger partial charge is 0.332 e. The average Bonchev–Trinajstić information content (AvgIpc) is 2.39. The number of carbonyl (C=O) groups excluding carboxylic acids is 1. The minimum absolute atomic E-state index is 0.489. The number of hydrazone groups is 1. The lowest BCUT2D eigenvalue weighted by Crippen LogP contribution is -2.24. The molecule has 3 N–H and O–H groups in total. The molecule has 7 nitrogen and oxygen atoms in total. The number of benzene rings is 1. The molecule has 0 unspecified atom stereocenters. The number of hydrogen-bond donors (Lipinski definition) is 2. The van der Waals surface area contributed by atoms with Crippen molar-refractivity contribution in [3.8, 4) is 17.2 Å². The highest BCUT2D eigenvalue weighted by molar-refractivity contribution is 5.83. The quantitative estimate of drug-likeness (QED) is 0.596. The zero-order valence-corrected chi connectivity index (χ0v) is 11.1. The Bertz CT molecular complexity index is 449. The Hall–Kier alpha value is -2.44. The van der Waals surface area contributed by atoms with Crippen molar-refractivity contribution < 1.29 is 19.0 Å². The third-order valence-electron chi connectivity index (χ3n) is 2.16. The van der Waals surface area contributed by atoms with Gasteiger partial charge in [0.2, 0.25) is 5.75 Å². The van der Waals surface area contributed by atoms with E-state index in [1.165, 1.54) is 20.4 Å². The summed E-state index contributed by atoms with van der Waals surface area (Å²) in [5.41, 5.74) is 7.68. The summed E-state index contributed by atoms with van der Waals surface area (Å²) in [5.74, 6) is 1.55. The SMILES string of the molecule is CCOc1c(OC)cc(C=NNC(N)=O)cc1OC. The van der Waals surface area contributed by atoms with Gasteiger partial charge in [-0.05, 0) is 19.1 Å². The van der Waals surface area contributed by atoms with E-state index in [4.69, 9.17) is 19.9 Å². The second-order valence-corrected chi connectivity index (χ2v) is 3.42. The summed E-state index contributed by atoms with van der Waals surface area (Å²) in [6.07, 6.45) is 1.42. The van der Waals surface area contributed by atoms with Gasteiger partial charge in [0.25, 0.3) is 0 Å². The number of amides is 2. The van der Waals surface area contributed by atoms with Crippen LogP contribution in [0.3, 0.4) is 0 Å². The van der Waals surface area contributed by atoms with Crippen LogP contribution >= 0.6 is 0 Å². The maximum atomic E-state index is 10.5. The van der Waals surface area contributed by atoms with Gasteiger partial charge in [-0.15, -0.1) is 0 Å². The minimum atomic E-state index is -0.735. The third-order valence-corrected chi connectivity index (χ3v) is 2.16. The van der Waals surface area contributed by atoms with E-state index in [1.807, 2.05) is 6.92 Å². The topological polar surface area (TPSA) is 95.2 Å². The Kier molecular flexibility index (Phi) is 5.46. The Labute approximate surface area is 111 Å². The maximum absolute atomic E-state index is 10.5. The van der Waals surface area contributed by atoms with Crippen molar-refractivity contribution in [2.75, 3.05) is 20.8 Å². The Balaban J connectivity index is 3.08. The Morgan fingerprint density at radius 2 is 1.95 bits per heavy atom. The van der Waals surface area contributed by atoms with Crippen LogP contribution in [0.2, 0.25) is 0 Å². The molecular weight excluding hydrogens is 250 g/mol. The van der Waals surface area contributed by atoms with Crippen molar-refractivity contribution in [1.29, 1.82) is 0 Å². The molecule has 0 aliphatic rings. The molecule has 1 rings (SSSR count). The summed E-state index contributed by atoms with van der Waals surface area (Å²) in [5, 5.41) is 3.67. The number of hydrogen-bond acceptors (Lipinski definition) is 5. The molecule has 1 aromatic carbocycles. The molecular formula is C12H17N3O4. The number of nitrogens with zero attached hydrogens (tertiary/aromatic N) is 1. The standard InChI is InChI=1S/C12H17N3O4/c1-4-19-11-9(17-2)5-8(6-10(11)18-3)7-14-15-12(13)16/h5-7H,4H2,1-3H3,(H3,13,15,16). The van der Waals surface area contributed by atoms with Crippen LogP contribution in [-0.4, -0.2) is 33.1 Å². The molecule has 1 aromatic rings. The number of nitrogens with one attached hydrogen (secondary N) is 1. The summed E-state index contributed by atoms with van der Waals surface area (Å²) in [6, 6.07) is 2.68. The van der Waals surface area contributed by atoms with E-state index in [0.29, 0.717) is 29.4 Å². The van der Waals surface area contributed by atoms with Crippen molar-refractivity contribution in [2.45, 2.75) is 6.92 Å². The fourth-order valence-electron chi connectivity index (χ4n) is 1.43. The second-order valence-electron chi connectivity index (χ2n) is 3.42. The van der Waals surface area contributed by atoms with Crippen molar-refractivity contribution in [2.24, 2.45) is 10.8 Å². The van der Waals surface area contributed by atoms with Crippen LogP contribution in [0.15, 0.2) is 17.2 Å². The van der Waals surface area contributed by atoms with E-state index in [9.17, 15) is 4.79 Å². The van der Waals surface area contributed by atoms with Gasteiger partial charge in [0.15, 0.2) is 11.5 Å². The van der Waals surface area contributed by atoms with Crippen LogP contribution in [0, 0.1) is 0 Å². The van der Waals surface area contributed by atoms with E-state index in [1.54, 1.807) is 12.1 Å². The number of methoxy groups -OCH3 is 2. The Morgan fingerprint density at radius 1 is 1.37 bits per heavy atom. The monoisotopic (exact) mass is 267 g/mol. The van der Waals surface area contributed by atoms with Gasteiger partial charge in [0.1, 0.15) is 0 Å². The molecule has 7 heteroatoms. The molecule has 19 heavy (non-hydrogen) atoms. The van der Waals surface area contributed by atoms with Gasteiger partial charge in [0, 0.05) is 5.56 Å². The van der Waals surface area contributed by atoms with Gasteiger partial charge >= 0.3 is 6.03 Å². The molecule has 0 radical (unpaired) electrons. The zero-order valence-electron chi connectivity index (χ0n) is 11.1. The highest BCUT2D eigenvalue weighted by Crippen LogP contribution is 2.38. The number of urea groups is 1. The van der Waals surface area contributed by atoms with Gasteiger partial charge < -0.3 is 19.9 Å². The summed E-state index contributed by atoms with van der Waals surface area (Å²) in [4.78, 5) is 10.5. The maximum Gasteiger partial charge on any atom is 0.332 e. The van der Waals surface area contributed by atoms with Crippen LogP contribution < -0.4 is 25.4 Å². The largest absolute Gasteiger partial charge is 0.493 e. The summed E-state index contributed by atoms with van der Waals surface area (Å²) >= 11 is 0. The van der Waals surface area contributed by atoms with E-state index >= 15 is 0 Å². The highest BCUT2D eigenvalue weighted by Gasteiger charge is 2.13. The van der Waals surface area contributed by atoms with Crippen LogP contribution in [0.5, 0.6) is 17.2 Å². The highest BCUT2D eigenvalue weighted by atomic mass is 16.5. The first-order valence-corrected chi connectivity index (χ1v) is 5.59. The van der Waals surface area contributed by atoms with Crippen LogP contribution in [0.4, 0.5) is 4.79 Å². The van der Waals surface area contributed by atoms with Gasteiger partial charge in [-0.2, -0.15) is 5.10 Å². The van der Waals surface area contributed by atoms with Crippen LogP contribution in [-0.2, 0) is 0 Å². The Morgan fingerprint density at radius 3 is 2.37 bits per heavy atom. The minimum Gasteiger partial charge on any atom is -0.493 e.